The molecule has 0 aliphatic heterocycles. The van der Waals surface area contributed by atoms with Crippen molar-refractivity contribution in [3.05, 3.63) is 79.4 Å². The molecule has 3 heteroatoms. The highest BCUT2D eigenvalue weighted by molar-refractivity contribution is 5.57. The fourth-order valence-electron chi connectivity index (χ4n) is 3.59. The van der Waals surface area contributed by atoms with Crippen LogP contribution < -0.4 is 9.13 Å². The first-order valence-corrected chi connectivity index (χ1v) is 9.35. The van der Waals surface area contributed by atoms with Crippen LogP contribution >= 0.6 is 0 Å². The Bertz CT molecular complexity index is 908. The molecule has 3 aromatic rings. The van der Waals surface area contributed by atoms with E-state index in [1.807, 2.05) is 0 Å². The largest absolute Gasteiger partial charge is 0.305 e. The average molecular weight is 348 g/mol. The zero-order valence-corrected chi connectivity index (χ0v) is 16.3. The second-order valence-corrected chi connectivity index (χ2v) is 6.95. The lowest BCUT2D eigenvalue weighted by atomic mass is 10.0. The minimum atomic E-state index is -0.235. The number of allylic oxidation sites excluding steroid dienone is 1. The third-order valence-corrected chi connectivity index (χ3v) is 5.39. The van der Waals surface area contributed by atoms with E-state index < -0.39 is 0 Å². The van der Waals surface area contributed by atoms with Crippen molar-refractivity contribution in [2.24, 2.45) is 7.05 Å². The van der Waals surface area contributed by atoms with Crippen LogP contribution in [0.25, 0.3) is 17.0 Å². The molecular weight excluding hydrogens is 318 g/mol. The molecule has 0 amide bonds. The van der Waals surface area contributed by atoms with Gasteiger partial charge in [0.1, 0.15) is 12.4 Å². The predicted octanol–water partition coefficient (Wildman–Crippen LogP) is 4.32. The first-order chi connectivity index (χ1) is 12.5. The van der Waals surface area contributed by atoms with E-state index in [1.165, 1.54) is 17.1 Å². The zero-order chi connectivity index (χ0) is 18.7. The molecule has 0 saturated carbocycles. The first-order valence-electron chi connectivity index (χ1n) is 9.35. The van der Waals surface area contributed by atoms with Crippen LogP contribution in [0.2, 0.25) is 0 Å². The highest BCUT2D eigenvalue weighted by atomic mass is 15.3. The van der Waals surface area contributed by atoms with Gasteiger partial charge < -0.3 is 0 Å². The van der Waals surface area contributed by atoms with Gasteiger partial charge in [-0.05, 0) is 24.6 Å². The number of hydrogen-bond donors (Lipinski definition) is 0. The van der Waals surface area contributed by atoms with Crippen LogP contribution in [0.3, 0.4) is 0 Å². The van der Waals surface area contributed by atoms with Crippen molar-refractivity contribution in [1.29, 1.82) is 0 Å². The van der Waals surface area contributed by atoms with Gasteiger partial charge in [-0.2, -0.15) is 9.13 Å². The fourth-order valence-corrected chi connectivity index (χ4v) is 3.59. The molecular formula is C23H29N3+2. The van der Waals surface area contributed by atoms with E-state index in [0.717, 1.165) is 18.4 Å². The molecule has 3 rings (SSSR count). The Morgan fingerprint density at radius 2 is 1.73 bits per heavy atom. The molecule has 0 unspecified atom stereocenters. The van der Waals surface area contributed by atoms with E-state index in [-0.39, 0.29) is 5.66 Å². The quantitative estimate of drug-likeness (QED) is 0.589. The maximum absolute atomic E-state index is 4.30. The van der Waals surface area contributed by atoms with Crippen molar-refractivity contribution in [3.63, 3.8) is 0 Å². The zero-order valence-electron chi connectivity index (χ0n) is 16.3. The van der Waals surface area contributed by atoms with Crippen molar-refractivity contribution in [2.75, 3.05) is 0 Å². The third kappa shape index (κ3) is 2.98. The van der Waals surface area contributed by atoms with E-state index in [2.05, 4.69) is 115 Å². The second-order valence-electron chi connectivity index (χ2n) is 6.95. The monoisotopic (exact) mass is 347 g/mol. The van der Waals surface area contributed by atoms with Crippen LogP contribution in [0.5, 0.6) is 0 Å². The van der Waals surface area contributed by atoms with Gasteiger partial charge in [0, 0.05) is 24.6 Å². The van der Waals surface area contributed by atoms with Crippen LogP contribution in [0, 0.1) is 0 Å². The van der Waals surface area contributed by atoms with E-state index >= 15 is 0 Å². The number of rotatable bonds is 6. The third-order valence-electron chi connectivity index (χ3n) is 5.39. The minimum Gasteiger partial charge on any atom is -0.232 e. The summed E-state index contributed by atoms with van der Waals surface area (Å²) in [5.41, 5.74) is 3.33. The molecule has 0 spiro atoms. The van der Waals surface area contributed by atoms with Crippen LogP contribution in [0.1, 0.15) is 39.3 Å². The number of imidazole rings is 1. The summed E-state index contributed by atoms with van der Waals surface area (Å²) < 4.78 is 6.95. The Morgan fingerprint density at radius 3 is 2.38 bits per heavy atom. The summed E-state index contributed by atoms with van der Waals surface area (Å²) in [5, 5.41) is 0. The molecule has 0 radical (unpaired) electrons. The lowest BCUT2D eigenvalue weighted by Gasteiger charge is -2.23. The van der Waals surface area contributed by atoms with Crippen molar-refractivity contribution >= 4 is 5.57 Å². The van der Waals surface area contributed by atoms with Crippen molar-refractivity contribution in [2.45, 2.75) is 39.3 Å². The summed E-state index contributed by atoms with van der Waals surface area (Å²) in [6.45, 7) is 11.0. The molecule has 0 fully saturated rings. The molecule has 1 aromatic carbocycles. The number of hydrogen-bond acceptors (Lipinski definition) is 0. The molecule has 2 aromatic heterocycles. The van der Waals surface area contributed by atoms with E-state index in [9.17, 15) is 0 Å². The molecule has 0 aliphatic rings. The summed E-state index contributed by atoms with van der Waals surface area (Å²) in [6, 6.07) is 17.0. The summed E-state index contributed by atoms with van der Waals surface area (Å²) in [7, 11) is 2.11. The van der Waals surface area contributed by atoms with Crippen molar-refractivity contribution < 1.29 is 9.13 Å². The number of pyridine rings is 1. The van der Waals surface area contributed by atoms with Gasteiger partial charge in [-0.1, -0.05) is 38.6 Å². The molecule has 3 nitrogen and oxygen atoms in total. The van der Waals surface area contributed by atoms with Gasteiger partial charge in [0.05, 0.1) is 19.0 Å². The van der Waals surface area contributed by atoms with Crippen LogP contribution in [0.15, 0.2) is 73.7 Å². The first kappa shape index (κ1) is 18.1. The molecule has 26 heavy (non-hydrogen) atoms. The number of aromatic nitrogens is 3. The average Bonchev–Trinajstić information content (AvgIpc) is 3.09. The Kier molecular flexibility index (Phi) is 5.08. The maximum atomic E-state index is 4.30. The van der Waals surface area contributed by atoms with Crippen molar-refractivity contribution in [3.8, 4) is 11.4 Å². The molecule has 0 bridgehead atoms. The van der Waals surface area contributed by atoms with Gasteiger partial charge in [0.2, 0.25) is 5.69 Å². The second kappa shape index (κ2) is 7.28. The predicted molar refractivity (Wildman–Crippen MR) is 106 cm³/mol. The number of nitrogens with zero attached hydrogens (tertiary/aromatic N) is 3. The molecule has 0 aliphatic carbocycles. The van der Waals surface area contributed by atoms with E-state index in [0.29, 0.717) is 0 Å². The minimum absolute atomic E-state index is 0.235. The number of benzene rings is 1. The van der Waals surface area contributed by atoms with E-state index in [1.54, 1.807) is 0 Å². The van der Waals surface area contributed by atoms with Crippen LogP contribution in [-0.2, 0) is 12.7 Å². The summed E-state index contributed by atoms with van der Waals surface area (Å²) >= 11 is 0. The molecule has 1 atom stereocenters. The topological polar surface area (TPSA) is 12.7 Å². The smallest absolute Gasteiger partial charge is 0.232 e. The van der Waals surface area contributed by atoms with E-state index in [4.69, 9.17) is 0 Å². The molecule has 2 heterocycles. The molecule has 0 N–H and O–H groups in total. The highest BCUT2D eigenvalue weighted by Gasteiger charge is 2.44. The van der Waals surface area contributed by atoms with Gasteiger partial charge >= 0.3 is 5.66 Å². The highest BCUT2D eigenvalue weighted by Crippen LogP contribution is 2.26. The van der Waals surface area contributed by atoms with Gasteiger partial charge in [-0.25, -0.2) is 4.57 Å². The maximum Gasteiger partial charge on any atom is 0.305 e. The van der Waals surface area contributed by atoms with Crippen molar-refractivity contribution in [1.82, 2.24) is 4.57 Å². The summed E-state index contributed by atoms with van der Waals surface area (Å²) in [5.74, 6) is 1.19. The summed E-state index contributed by atoms with van der Waals surface area (Å²) in [4.78, 5) is 0. The van der Waals surface area contributed by atoms with Gasteiger partial charge in [-0.15, -0.1) is 0 Å². The Morgan fingerprint density at radius 1 is 1.04 bits per heavy atom. The number of aryl methyl sites for hydroxylation is 1. The molecule has 0 saturated heterocycles. The SMILES string of the molecule is C=C(CC)c1cccc[n+]1[C@@](C)(CC)n1cc[n+](C)c1-c1ccccc1. The summed E-state index contributed by atoms with van der Waals surface area (Å²) in [6.07, 6.45) is 8.39. The van der Waals surface area contributed by atoms with Crippen LogP contribution in [0.4, 0.5) is 0 Å². The van der Waals surface area contributed by atoms with Crippen LogP contribution in [-0.4, -0.2) is 4.57 Å². The van der Waals surface area contributed by atoms with Gasteiger partial charge in [0.25, 0.3) is 5.82 Å². The Labute approximate surface area is 156 Å². The molecule has 134 valence electrons. The lowest BCUT2D eigenvalue weighted by Crippen LogP contribution is -2.60. The fraction of sp³-hybridized carbons (Fsp3) is 0.304. The Hall–Kier alpha value is -2.68. The lowest BCUT2D eigenvalue weighted by molar-refractivity contribution is -0.771. The van der Waals surface area contributed by atoms with Gasteiger partial charge in [0.15, 0.2) is 6.20 Å². The van der Waals surface area contributed by atoms with Gasteiger partial charge in [-0.3, -0.25) is 0 Å². The standard InChI is InChI=1S/C23H29N3/c1-6-19(3)21-15-11-12-16-25(21)23(4,7-2)26-18-17-24(5)22(26)20-13-9-8-10-14-20/h8-18H,3,6-7H2,1-2,4-5H3/q+2/t23-/m1/s1. The normalized spacial score (nSPS) is 13.4. The Balaban J connectivity index is 2.24.